The normalized spacial score (nSPS) is 17.0. The summed E-state index contributed by atoms with van der Waals surface area (Å²) < 4.78 is 7.23. The van der Waals surface area contributed by atoms with Crippen LogP contribution in [0.3, 0.4) is 0 Å². The third-order valence-electron chi connectivity index (χ3n) is 4.68. The SMILES string of the molecule is COc1ccccc1-c1nnc(SCC(=O)N2CCC[C@H](C(N)=O)C2)n1C. The van der Waals surface area contributed by atoms with Crippen LogP contribution < -0.4 is 10.5 Å². The maximum absolute atomic E-state index is 12.5. The minimum atomic E-state index is -0.338. The number of thioether (sulfide) groups is 1. The molecule has 8 nitrogen and oxygen atoms in total. The van der Waals surface area contributed by atoms with Crippen LogP contribution in [0.25, 0.3) is 11.4 Å². The molecular weight excluding hydrogens is 366 g/mol. The first-order valence-corrected chi connectivity index (χ1v) is 9.72. The molecule has 0 aliphatic carbocycles. The molecule has 2 amide bonds. The zero-order valence-electron chi connectivity index (χ0n) is 15.4. The second-order valence-corrected chi connectivity index (χ2v) is 7.38. The van der Waals surface area contributed by atoms with E-state index in [4.69, 9.17) is 10.5 Å². The first-order valence-electron chi connectivity index (χ1n) is 8.74. The average Bonchev–Trinajstić information content (AvgIpc) is 3.06. The zero-order valence-corrected chi connectivity index (χ0v) is 16.2. The first-order chi connectivity index (χ1) is 13.0. The number of hydrogen-bond acceptors (Lipinski definition) is 6. The molecule has 27 heavy (non-hydrogen) atoms. The Morgan fingerprint density at radius 1 is 1.33 bits per heavy atom. The number of primary amides is 1. The molecule has 0 unspecified atom stereocenters. The number of benzene rings is 1. The number of rotatable bonds is 6. The molecule has 144 valence electrons. The Balaban J connectivity index is 1.66. The Kier molecular flexibility index (Phi) is 6.00. The molecule has 0 radical (unpaired) electrons. The van der Waals surface area contributed by atoms with E-state index in [0.717, 1.165) is 18.4 Å². The van der Waals surface area contributed by atoms with Crippen LogP contribution in [0.15, 0.2) is 29.4 Å². The van der Waals surface area contributed by atoms with Crippen LogP contribution in [0.2, 0.25) is 0 Å². The van der Waals surface area contributed by atoms with Crippen molar-refractivity contribution in [2.45, 2.75) is 18.0 Å². The van der Waals surface area contributed by atoms with Gasteiger partial charge in [0.2, 0.25) is 11.8 Å². The number of piperidine rings is 1. The summed E-state index contributed by atoms with van der Waals surface area (Å²) in [5, 5.41) is 9.10. The van der Waals surface area contributed by atoms with Crippen LogP contribution in [0.4, 0.5) is 0 Å². The molecule has 1 atom stereocenters. The van der Waals surface area contributed by atoms with Crippen LogP contribution in [-0.4, -0.2) is 57.4 Å². The summed E-state index contributed by atoms with van der Waals surface area (Å²) >= 11 is 1.33. The minimum Gasteiger partial charge on any atom is -0.496 e. The molecule has 0 bridgehead atoms. The number of ether oxygens (including phenoxy) is 1. The highest BCUT2D eigenvalue weighted by molar-refractivity contribution is 7.99. The quantitative estimate of drug-likeness (QED) is 0.747. The maximum Gasteiger partial charge on any atom is 0.233 e. The summed E-state index contributed by atoms with van der Waals surface area (Å²) in [5.74, 6) is 1.02. The Labute approximate surface area is 162 Å². The van der Waals surface area contributed by atoms with Gasteiger partial charge in [-0.05, 0) is 25.0 Å². The van der Waals surface area contributed by atoms with Gasteiger partial charge in [-0.2, -0.15) is 0 Å². The topological polar surface area (TPSA) is 103 Å². The highest BCUT2D eigenvalue weighted by atomic mass is 32.2. The molecule has 1 aromatic heterocycles. The maximum atomic E-state index is 12.5. The van der Waals surface area contributed by atoms with Gasteiger partial charge < -0.3 is 19.9 Å². The molecule has 1 aliphatic heterocycles. The van der Waals surface area contributed by atoms with Crippen molar-refractivity contribution in [1.29, 1.82) is 0 Å². The molecular formula is C18H23N5O3S. The third-order valence-corrected chi connectivity index (χ3v) is 5.69. The lowest BCUT2D eigenvalue weighted by Gasteiger charge is -2.31. The predicted octanol–water partition coefficient (Wildman–Crippen LogP) is 1.31. The van der Waals surface area contributed by atoms with Gasteiger partial charge in [0.05, 0.1) is 24.3 Å². The van der Waals surface area contributed by atoms with Crippen molar-refractivity contribution in [1.82, 2.24) is 19.7 Å². The summed E-state index contributed by atoms with van der Waals surface area (Å²) in [6, 6.07) is 7.59. The molecule has 1 saturated heterocycles. The summed E-state index contributed by atoms with van der Waals surface area (Å²) in [7, 11) is 3.47. The zero-order chi connectivity index (χ0) is 19.4. The van der Waals surface area contributed by atoms with Crippen molar-refractivity contribution >= 4 is 23.6 Å². The summed E-state index contributed by atoms with van der Waals surface area (Å²) in [4.78, 5) is 25.6. The van der Waals surface area contributed by atoms with Crippen LogP contribution in [-0.2, 0) is 16.6 Å². The minimum absolute atomic E-state index is 0.0206. The Morgan fingerprint density at radius 2 is 2.11 bits per heavy atom. The summed E-state index contributed by atoms with van der Waals surface area (Å²) in [6.07, 6.45) is 1.55. The number of likely N-dealkylation sites (tertiary alicyclic amines) is 1. The molecule has 9 heteroatoms. The van der Waals surface area contributed by atoms with Gasteiger partial charge in [0.25, 0.3) is 0 Å². The Morgan fingerprint density at radius 3 is 2.85 bits per heavy atom. The fourth-order valence-electron chi connectivity index (χ4n) is 3.16. The number of nitrogens with zero attached hydrogens (tertiary/aromatic N) is 4. The van der Waals surface area contributed by atoms with E-state index in [1.807, 2.05) is 35.9 Å². The van der Waals surface area contributed by atoms with Gasteiger partial charge in [-0.1, -0.05) is 23.9 Å². The number of amides is 2. The Hall–Kier alpha value is -2.55. The van der Waals surface area contributed by atoms with Gasteiger partial charge in [0.15, 0.2) is 11.0 Å². The van der Waals surface area contributed by atoms with E-state index < -0.39 is 0 Å². The average molecular weight is 389 g/mol. The van der Waals surface area contributed by atoms with Gasteiger partial charge in [-0.15, -0.1) is 10.2 Å². The van der Waals surface area contributed by atoms with Crippen molar-refractivity contribution in [3.05, 3.63) is 24.3 Å². The van der Waals surface area contributed by atoms with Gasteiger partial charge in [-0.3, -0.25) is 9.59 Å². The van der Waals surface area contributed by atoms with Crippen molar-refractivity contribution in [2.75, 3.05) is 26.0 Å². The molecule has 1 aromatic carbocycles. The number of carbonyl (C=O) groups excluding carboxylic acids is 2. The third kappa shape index (κ3) is 4.24. The predicted molar refractivity (Wildman–Crippen MR) is 102 cm³/mol. The number of nitrogens with two attached hydrogens (primary N) is 1. The van der Waals surface area contributed by atoms with Crippen molar-refractivity contribution in [3.63, 3.8) is 0 Å². The Bertz CT molecular complexity index is 838. The summed E-state index contributed by atoms with van der Waals surface area (Å²) in [5.41, 5.74) is 6.22. The van der Waals surface area contributed by atoms with E-state index >= 15 is 0 Å². The van der Waals surface area contributed by atoms with Crippen molar-refractivity contribution in [2.24, 2.45) is 18.7 Å². The number of methoxy groups -OCH3 is 1. The smallest absolute Gasteiger partial charge is 0.233 e. The molecule has 0 saturated carbocycles. The van der Waals surface area contributed by atoms with E-state index in [-0.39, 0.29) is 23.5 Å². The number of carbonyl (C=O) groups is 2. The first kappa shape index (κ1) is 19.2. The number of aromatic nitrogens is 3. The molecule has 3 rings (SSSR count). The second kappa shape index (κ2) is 8.43. The van der Waals surface area contributed by atoms with Crippen molar-refractivity contribution in [3.8, 4) is 17.1 Å². The lowest BCUT2D eigenvalue weighted by molar-refractivity contribution is -0.132. The molecule has 0 spiro atoms. The molecule has 1 aliphatic rings. The second-order valence-electron chi connectivity index (χ2n) is 6.44. The lowest BCUT2D eigenvalue weighted by atomic mass is 9.97. The van der Waals surface area contributed by atoms with Gasteiger partial charge >= 0.3 is 0 Å². The van der Waals surface area contributed by atoms with Crippen molar-refractivity contribution < 1.29 is 14.3 Å². The number of para-hydroxylation sites is 1. The van der Waals surface area contributed by atoms with E-state index in [0.29, 0.717) is 29.8 Å². The molecule has 2 heterocycles. The lowest BCUT2D eigenvalue weighted by Crippen LogP contribution is -2.44. The fraction of sp³-hybridized carbons (Fsp3) is 0.444. The van der Waals surface area contributed by atoms with E-state index in [9.17, 15) is 9.59 Å². The van der Waals surface area contributed by atoms with E-state index in [2.05, 4.69) is 10.2 Å². The standard InChI is InChI=1S/C18H23N5O3S/c1-22-17(13-7-3-4-8-14(13)26-2)20-21-18(22)27-11-15(24)23-9-5-6-12(10-23)16(19)25/h3-4,7-8,12H,5-6,9-11H2,1-2H3,(H2,19,25)/t12-/m0/s1. The monoisotopic (exact) mass is 389 g/mol. The van der Waals surface area contributed by atoms with Gasteiger partial charge in [-0.25, -0.2) is 0 Å². The molecule has 2 aromatic rings. The van der Waals surface area contributed by atoms with Crippen LogP contribution >= 0.6 is 11.8 Å². The molecule has 2 N–H and O–H groups in total. The van der Waals surface area contributed by atoms with Gasteiger partial charge in [0.1, 0.15) is 5.75 Å². The van der Waals surface area contributed by atoms with Crippen LogP contribution in [0.1, 0.15) is 12.8 Å². The fourth-order valence-corrected chi connectivity index (χ4v) is 3.97. The highest BCUT2D eigenvalue weighted by Crippen LogP contribution is 2.30. The number of hydrogen-bond donors (Lipinski definition) is 1. The van der Waals surface area contributed by atoms with E-state index in [1.165, 1.54) is 11.8 Å². The highest BCUT2D eigenvalue weighted by Gasteiger charge is 2.27. The van der Waals surface area contributed by atoms with Crippen LogP contribution in [0, 0.1) is 5.92 Å². The largest absolute Gasteiger partial charge is 0.496 e. The van der Waals surface area contributed by atoms with Gasteiger partial charge in [0, 0.05) is 20.1 Å². The van der Waals surface area contributed by atoms with E-state index in [1.54, 1.807) is 12.0 Å². The molecule has 1 fully saturated rings. The van der Waals surface area contributed by atoms with Crippen LogP contribution in [0.5, 0.6) is 5.75 Å². The summed E-state index contributed by atoms with van der Waals surface area (Å²) in [6.45, 7) is 1.06.